The van der Waals surface area contributed by atoms with E-state index in [-0.39, 0.29) is 17.6 Å². The smallest absolute Gasteiger partial charge is 0.319 e. The summed E-state index contributed by atoms with van der Waals surface area (Å²) in [6, 6.07) is 12.5. The highest BCUT2D eigenvalue weighted by Gasteiger charge is 2.29. The molecule has 0 bridgehead atoms. The second-order valence-corrected chi connectivity index (χ2v) is 14.0. The number of para-hydroxylation sites is 1. The van der Waals surface area contributed by atoms with Gasteiger partial charge in [-0.05, 0) is 94.2 Å². The Morgan fingerprint density at radius 3 is 2.41 bits per heavy atom. The molecule has 5 rings (SSSR count). The van der Waals surface area contributed by atoms with Crippen LogP contribution in [-0.2, 0) is 0 Å². The number of aromatic nitrogens is 2. The minimum Gasteiger partial charge on any atom is -0.492 e. The summed E-state index contributed by atoms with van der Waals surface area (Å²) in [5.74, 6) is 2.07. The molecule has 2 saturated heterocycles. The molecule has 10 nitrogen and oxygen atoms in total. The average molecular weight is 645 g/mol. The zero-order valence-electron chi connectivity index (χ0n) is 27.8. The Morgan fingerprint density at radius 1 is 1.04 bits per heavy atom. The van der Waals surface area contributed by atoms with Gasteiger partial charge in [-0.1, -0.05) is 26.0 Å². The molecule has 0 saturated carbocycles. The second kappa shape index (κ2) is 15.1. The van der Waals surface area contributed by atoms with Crippen LogP contribution in [0.2, 0.25) is 0 Å². The summed E-state index contributed by atoms with van der Waals surface area (Å²) >= 11 is 1.75. The maximum Gasteiger partial charge on any atom is 0.319 e. The molecule has 2 fully saturated rings. The van der Waals surface area contributed by atoms with E-state index in [1.807, 2.05) is 34.9 Å². The summed E-state index contributed by atoms with van der Waals surface area (Å²) in [5, 5.41) is 15.6. The summed E-state index contributed by atoms with van der Waals surface area (Å²) < 4.78 is 6.13. The minimum absolute atomic E-state index is 0.198. The van der Waals surface area contributed by atoms with Crippen molar-refractivity contribution in [2.45, 2.75) is 82.8 Å². The highest BCUT2D eigenvalue weighted by atomic mass is 32.2. The number of benzene rings is 2. The van der Waals surface area contributed by atoms with Crippen LogP contribution in [0.4, 0.5) is 33.8 Å². The maximum absolute atomic E-state index is 13.1. The number of likely N-dealkylation sites (tertiary alicyclic amines) is 2. The molecule has 3 aromatic rings. The number of nitrogens with zero attached hydrogens (tertiary/aromatic N) is 4. The van der Waals surface area contributed by atoms with Crippen LogP contribution in [-0.4, -0.2) is 69.5 Å². The quantitative estimate of drug-likeness (QED) is 0.129. The molecular formula is C35H48N8O2S. The standard InChI is InChI=1S/C35H48N8O2S/c1-6-45-29-21-26(25-14-18-43(19-15-25)35(44)42-16-10-7-11-17-42)23(4)20-28(29)39-34-40-32(37)31(24(5)36)33(41-34)38-27-12-8-9-13-30(27)46-22(2)3/h8-9,12-13,20-22,25,36H,6-7,10-11,14-19H2,1-5H3,(H4,37,38,39,40,41). The van der Waals surface area contributed by atoms with Crippen molar-refractivity contribution in [3.05, 3.63) is 53.1 Å². The molecule has 0 atom stereocenters. The van der Waals surface area contributed by atoms with Crippen LogP contribution in [0.15, 0.2) is 41.3 Å². The van der Waals surface area contributed by atoms with Crippen molar-refractivity contribution in [2.75, 3.05) is 49.2 Å². The second-order valence-electron chi connectivity index (χ2n) is 12.4. The topological polar surface area (TPSA) is 132 Å². The number of carbonyl (C=O) groups excluding carboxylic acids is 1. The number of nitrogen functional groups attached to an aromatic ring is 1. The van der Waals surface area contributed by atoms with Crippen molar-refractivity contribution in [1.29, 1.82) is 5.41 Å². The molecule has 11 heteroatoms. The minimum atomic E-state index is 0.198. The molecule has 246 valence electrons. The van der Waals surface area contributed by atoms with E-state index < -0.39 is 0 Å². The summed E-state index contributed by atoms with van der Waals surface area (Å²) in [6.07, 6.45) is 5.28. The van der Waals surface area contributed by atoms with Gasteiger partial charge in [-0.2, -0.15) is 9.97 Å². The predicted octanol–water partition coefficient (Wildman–Crippen LogP) is 7.93. The molecule has 2 aliphatic heterocycles. The van der Waals surface area contributed by atoms with Gasteiger partial charge < -0.3 is 36.3 Å². The van der Waals surface area contributed by atoms with Gasteiger partial charge in [0.2, 0.25) is 5.95 Å². The number of nitrogens with two attached hydrogens (primary N) is 1. The van der Waals surface area contributed by atoms with E-state index in [2.05, 4.69) is 54.6 Å². The fourth-order valence-corrected chi connectivity index (χ4v) is 7.26. The number of piperidine rings is 2. The van der Waals surface area contributed by atoms with Gasteiger partial charge in [-0.3, -0.25) is 0 Å². The molecule has 0 radical (unpaired) electrons. The molecule has 5 N–H and O–H groups in total. The SMILES string of the molecule is CCOc1cc(C2CCN(C(=O)N3CCCCC3)CC2)c(C)cc1Nc1nc(N)c(C(C)=N)c(Nc2ccccc2SC(C)C)n1. The summed E-state index contributed by atoms with van der Waals surface area (Å²) in [4.78, 5) is 27.6. The van der Waals surface area contributed by atoms with E-state index >= 15 is 0 Å². The molecule has 3 heterocycles. The Bertz CT molecular complexity index is 1550. The number of ether oxygens (including phenoxy) is 1. The van der Waals surface area contributed by atoms with Crippen LogP contribution in [0.5, 0.6) is 5.75 Å². The maximum atomic E-state index is 13.1. The van der Waals surface area contributed by atoms with Crippen LogP contribution in [0.25, 0.3) is 0 Å². The van der Waals surface area contributed by atoms with Crippen molar-refractivity contribution in [2.24, 2.45) is 0 Å². The van der Waals surface area contributed by atoms with Crippen LogP contribution in [0.3, 0.4) is 0 Å². The number of urea groups is 1. The lowest BCUT2D eigenvalue weighted by molar-refractivity contribution is 0.131. The fourth-order valence-electron chi connectivity index (χ4n) is 6.35. The molecule has 0 spiro atoms. The fraction of sp³-hybridized carbons (Fsp3) is 0.486. The highest BCUT2D eigenvalue weighted by molar-refractivity contribution is 8.00. The zero-order valence-corrected chi connectivity index (χ0v) is 28.6. The third-order valence-corrected chi connectivity index (χ3v) is 9.64. The Labute approximate surface area is 277 Å². The monoisotopic (exact) mass is 644 g/mol. The van der Waals surface area contributed by atoms with Gasteiger partial charge >= 0.3 is 6.03 Å². The van der Waals surface area contributed by atoms with Crippen LogP contribution in [0.1, 0.15) is 82.4 Å². The van der Waals surface area contributed by atoms with Crippen molar-refractivity contribution in [3.63, 3.8) is 0 Å². The van der Waals surface area contributed by atoms with E-state index in [1.165, 1.54) is 12.0 Å². The molecule has 2 amide bonds. The van der Waals surface area contributed by atoms with Gasteiger partial charge in [0.15, 0.2) is 0 Å². The molecule has 0 aliphatic carbocycles. The zero-order chi connectivity index (χ0) is 32.8. The van der Waals surface area contributed by atoms with Crippen molar-refractivity contribution in [1.82, 2.24) is 19.8 Å². The lowest BCUT2D eigenvalue weighted by Crippen LogP contribution is -2.48. The Hall–Kier alpha value is -3.99. The van der Waals surface area contributed by atoms with Crippen LogP contribution in [0, 0.1) is 12.3 Å². The number of thioether (sulfide) groups is 1. The summed E-state index contributed by atoms with van der Waals surface area (Å²) in [7, 11) is 0. The average Bonchev–Trinajstić information content (AvgIpc) is 3.03. The molecular weight excluding hydrogens is 597 g/mol. The Kier molecular flexibility index (Phi) is 10.9. The van der Waals surface area contributed by atoms with Gasteiger partial charge in [-0.25, -0.2) is 4.79 Å². The van der Waals surface area contributed by atoms with E-state index in [4.69, 9.17) is 20.9 Å². The third kappa shape index (κ3) is 7.86. The predicted molar refractivity (Wildman–Crippen MR) is 190 cm³/mol. The summed E-state index contributed by atoms with van der Waals surface area (Å²) in [5.41, 5.74) is 11.2. The number of hydrogen-bond acceptors (Lipinski definition) is 9. The van der Waals surface area contributed by atoms with Crippen LogP contribution < -0.4 is 21.1 Å². The number of carbonyl (C=O) groups is 1. The van der Waals surface area contributed by atoms with E-state index in [9.17, 15) is 4.79 Å². The van der Waals surface area contributed by atoms with Gasteiger partial charge in [-0.15, -0.1) is 11.8 Å². The van der Waals surface area contributed by atoms with Gasteiger partial charge in [0.1, 0.15) is 17.4 Å². The van der Waals surface area contributed by atoms with Gasteiger partial charge in [0, 0.05) is 42.0 Å². The largest absolute Gasteiger partial charge is 0.492 e. The van der Waals surface area contributed by atoms with Crippen molar-refractivity contribution in [3.8, 4) is 5.75 Å². The first-order chi connectivity index (χ1) is 22.1. The highest BCUT2D eigenvalue weighted by Crippen LogP contribution is 2.39. The molecule has 0 unspecified atom stereocenters. The Balaban J connectivity index is 1.38. The number of rotatable bonds is 10. The normalized spacial score (nSPS) is 15.6. The number of hydrogen-bond donors (Lipinski definition) is 4. The van der Waals surface area contributed by atoms with E-state index in [0.717, 1.165) is 79.4 Å². The number of amides is 2. The van der Waals surface area contributed by atoms with Gasteiger partial charge in [0.05, 0.1) is 23.5 Å². The lowest BCUT2D eigenvalue weighted by atomic mass is 9.86. The van der Waals surface area contributed by atoms with Crippen molar-refractivity contribution >= 4 is 52.5 Å². The van der Waals surface area contributed by atoms with E-state index in [0.29, 0.717) is 35.1 Å². The van der Waals surface area contributed by atoms with E-state index in [1.54, 1.807) is 18.7 Å². The summed E-state index contributed by atoms with van der Waals surface area (Å²) in [6.45, 7) is 13.9. The first kappa shape index (κ1) is 33.4. The molecule has 46 heavy (non-hydrogen) atoms. The number of nitrogens with one attached hydrogen (secondary N) is 3. The van der Waals surface area contributed by atoms with Crippen LogP contribution >= 0.6 is 11.8 Å². The first-order valence-corrected chi connectivity index (χ1v) is 17.4. The lowest BCUT2D eigenvalue weighted by Gasteiger charge is -2.37. The van der Waals surface area contributed by atoms with Crippen molar-refractivity contribution < 1.29 is 9.53 Å². The molecule has 2 aliphatic rings. The molecule has 1 aromatic heterocycles. The first-order valence-electron chi connectivity index (χ1n) is 16.5. The van der Waals surface area contributed by atoms with Gasteiger partial charge in [0.25, 0.3) is 0 Å². The Morgan fingerprint density at radius 2 is 1.74 bits per heavy atom. The number of anilines is 5. The third-order valence-electron chi connectivity index (χ3n) is 8.56. The molecule has 2 aromatic carbocycles. The number of aryl methyl sites for hydroxylation is 1.